The average Bonchev–Trinajstić information content (AvgIpc) is 3.24. The first kappa shape index (κ1) is 13.4. The number of carbonyl (C=O) groups excluding carboxylic acids is 2. The molecule has 1 aliphatic carbocycles. The standard InChI is InChI=1S/C15H16N4O2/c1-19(15(21)10-6-7-10)13-5-3-2-4-12(13)14(20)18-11-8-16-17-9-11/h2-5,8-10H,6-7H2,1H3,(H,16,17)(H,18,20). The molecule has 1 fully saturated rings. The van der Waals surface area contributed by atoms with E-state index < -0.39 is 0 Å². The first-order chi connectivity index (χ1) is 10.2. The third kappa shape index (κ3) is 2.79. The molecule has 108 valence electrons. The van der Waals surface area contributed by atoms with Gasteiger partial charge in [-0.05, 0) is 25.0 Å². The van der Waals surface area contributed by atoms with Crippen LogP contribution in [0.3, 0.4) is 0 Å². The topological polar surface area (TPSA) is 78.1 Å². The summed E-state index contributed by atoms with van der Waals surface area (Å²) in [4.78, 5) is 26.1. The minimum Gasteiger partial charge on any atom is -0.319 e. The minimum atomic E-state index is -0.262. The van der Waals surface area contributed by atoms with Crippen LogP contribution in [-0.2, 0) is 4.79 Å². The molecule has 1 aromatic carbocycles. The van der Waals surface area contributed by atoms with Crippen molar-refractivity contribution in [1.29, 1.82) is 0 Å². The monoisotopic (exact) mass is 284 g/mol. The number of amides is 2. The van der Waals surface area contributed by atoms with Gasteiger partial charge in [0, 0.05) is 19.2 Å². The Morgan fingerprint density at radius 2 is 2.10 bits per heavy atom. The van der Waals surface area contributed by atoms with Crippen LogP contribution in [0.1, 0.15) is 23.2 Å². The van der Waals surface area contributed by atoms with Gasteiger partial charge in [-0.1, -0.05) is 12.1 Å². The Balaban J connectivity index is 1.84. The number of benzene rings is 1. The van der Waals surface area contributed by atoms with E-state index in [1.54, 1.807) is 36.3 Å². The zero-order chi connectivity index (χ0) is 14.8. The van der Waals surface area contributed by atoms with Crippen LogP contribution in [0.15, 0.2) is 36.7 Å². The molecule has 0 unspecified atom stereocenters. The number of anilines is 2. The van der Waals surface area contributed by atoms with Crippen LogP contribution in [0.25, 0.3) is 0 Å². The lowest BCUT2D eigenvalue weighted by Gasteiger charge is -2.20. The number of carbonyl (C=O) groups is 2. The molecule has 2 amide bonds. The normalized spacial score (nSPS) is 13.8. The highest BCUT2D eigenvalue weighted by Crippen LogP contribution is 2.33. The highest BCUT2D eigenvalue weighted by atomic mass is 16.2. The van der Waals surface area contributed by atoms with Crippen LogP contribution in [0, 0.1) is 5.92 Å². The summed E-state index contributed by atoms with van der Waals surface area (Å²) >= 11 is 0. The number of hydrogen-bond donors (Lipinski definition) is 2. The van der Waals surface area contributed by atoms with E-state index in [0.29, 0.717) is 16.9 Å². The predicted octanol–water partition coefficient (Wildman–Crippen LogP) is 2.03. The summed E-state index contributed by atoms with van der Waals surface area (Å²) in [5, 5.41) is 9.16. The van der Waals surface area contributed by atoms with Crippen LogP contribution in [0.5, 0.6) is 0 Å². The number of para-hydroxylation sites is 1. The Morgan fingerprint density at radius 1 is 1.33 bits per heavy atom. The van der Waals surface area contributed by atoms with Gasteiger partial charge in [0.05, 0.1) is 23.1 Å². The Labute approximate surface area is 122 Å². The van der Waals surface area contributed by atoms with Gasteiger partial charge < -0.3 is 10.2 Å². The van der Waals surface area contributed by atoms with Crippen molar-refractivity contribution in [2.75, 3.05) is 17.3 Å². The molecule has 6 heteroatoms. The van der Waals surface area contributed by atoms with Gasteiger partial charge in [-0.25, -0.2) is 0 Å². The van der Waals surface area contributed by atoms with E-state index in [1.165, 1.54) is 6.20 Å². The molecular formula is C15H16N4O2. The van der Waals surface area contributed by atoms with Crippen LogP contribution in [-0.4, -0.2) is 29.1 Å². The molecule has 6 nitrogen and oxygen atoms in total. The van der Waals surface area contributed by atoms with E-state index in [1.807, 2.05) is 6.07 Å². The lowest BCUT2D eigenvalue weighted by Crippen LogP contribution is -2.29. The highest BCUT2D eigenvalue weighted by Gasteiger charge is 2.33. The molecule has 0 bridgehead atoms. The molecule has 2 N–H and O–H groups in total. The van der Waals surface area contributed by atoms with E-state index in [2.05, 4.69) is 15.5 Å². The number of aromatic amines is 1. The van der Waals surface area contributed by atoms with Gasteiger partial charge in [-0.2, -0.15) is 5.10 Å². The number of nitrogens with one attached hydrogen (secondary N) is 2. The summed E-state index contributed by atoms with van der Waals surface area (Å²) in [5.41, 5.74) is 1.68. The van der Waals surface area contributed by atoms with Crippen molar-refractivity contribution in [3.8, 4) is 0 Å². The Morgan fingerprint density at radius 3 is 2.76 bits per heavy atom. The fraction of sp³-hybridized carbons (Fsp3) is 0.267. The van der Waals surface area contributed by atoms with Crippen molar-refractivity contribution in [2.45, 2.75) is 12.8 Å². The fourth-order valence-corrected chi connectivity index (χ4v) is 2.20. The molecule has 1 aromatic heterocycles. The lowest BCUT2D eigenvalue weighted by molar-refractivity contribution is -0.119. The second kappa shape index (κ2) is 5.40. The largest absolute Gasteiger partial charge is 0.319 e. The first-order valence-electron chi connectivity index (χ1n) is 6.83. The van der Waals surface area contributed by atoms with Crippen molar-refractivity contribution in [3.05, 3.63) is 42.2 Å². The Bertz CT molecular complexity index is 662. The Kier molecular flexibility index (Phi) is 3.43. The van der Waals surface area contributed by atoms with Crippen LogP contribution in [0.4, 0.5) is 11.4 Å². The molecular weight excluding hydrogens is 268 g/mol. The number of H-pyrrole nitrogens is 1. The lowest BCUT2D eigenvalue weighted by atomic mass is 10.1. The zero-order valence-corrected chi connectivity index (χ0v) is 11.7. The Hall–Kier alpha value is -2.63. The maximum Gasteiger partial charge on any atom is 0.257 e. The third-order valence-electron chi connectivity index (χ3n) is 3.52. The minimum absolute atomic E-state index is 0.0681. The number of rotatable bonds is 4. The van der Waals surface area contributed by atoms with Crippen molar-refractivity contribution in [3.63, 3.8) is 0 Å². The maximum absolute atomic E-state index is 12.4. The summed E-state index contributed by atoms with van der Waals surface area (Å²) in [5.74, 6) is -0.0824. The molecule has 1 aliphatic rings. The van der Waals surface area contributed by atoms with Crippen LogP contribution >= 0.6 is 0 Å². The summed E-state index contributed by atoms with van der Waals surface area (Å²) in [7, 11) is 1.71. The predicted molar refractivity (Wildman–Crippen MR) is 79.1 cm³/mol. The number of aromatic nitrogens is 2. The van der Waals surface area contributed by atoms with Crippen molar-refractivity contribution in [1.82, 2.24) is 10.2 Å². The summed E-state index contributed by atoms with van der Waals surface area (Å²) in [6.07, 6.45) is 5.00. The zero-order valence-electron chi connectivity index (χ0n) is 11.7. The third-order valence-corrected chi connectivity index (χ3v) is 3.52. The molecule has 1 heterocycles. The van der Waals surface area contributed by atoms with Crippen LogP contribution in [0.2, 0.25) is 0 Å². The van der Waals surface area contributed by atoms with Crippen molar-refractivity contribution >= 4 is 23.2 Å². The van der Waals surface area contributed by atoms with Crippen molar-refractivity contribution in [2.24, 2.45) is 5.92 Å². The van der Waals surface area contributed by atoms with Gasteiger partial charge in [0.2, 0.25) is 5.91 Å². The number of nitrogens with zero attached hydrogens (tertiary/aromatic N) is 2. The second-order valence-corrected chi connectivity index (χ2v) is 5.13. The molecule has 0 saturated heterocycles. The highest BCUT2D eigenvalue weighted by molar-refractivity contribution is 6.10. The van der Waals surface area contributed by atoms with Crippen LogP contribution < -0.4 is 10.2 Å². The van der Waals surface area contributed by atoms with Gasteiger partial charge in [0.25, 0.3) is 5.91 Å². The summed E-state index contributed by atoms with van der Waals surface area (Å²) in [6, 6.07) is 7.09. The summed E-state index contributed by atoms with van der Waals surface area (Å²) in [6.45, 7) is 0. The maximum atomic E-state index is 12.4. The molecule has 0 spiro atoms. The SMILES string of the molecule is CN(C(=O)C1CC1)c1ccccc1C(=O)Nc1cn[nH]c1. The van der Waals surface area contributed by atoms with E-state index in [4.69, 9.17) is 0 Å². The van der Waals surface area contributed by atoms with Gasteiger partial charge in [0.1, 0.15) is 0 Å². The molecule has 0 radical (unpaired) electrons. The number of hydrogen-bond acceptors (Lipinski definition) is 3. The van der Waals surface area contributed by atoms with Gasteiger partial charge in [0.15, 0.2) is 0 Å². The second-order valence-electron chi connectivity index (χ2n) is 5.13. The van der Waals surface area contributed by atoms with Crippen molar-refractivity contribution < 1.29 is 9.59 Å². The van der Waals surface area contributed by atoms with Gasteiger partial charge >= 0.3 is 0 Å². The smallest absolute Gasteiger partial charge is 0.257 e. The van der Waals surface area contributed by atoms with E-state index in [9.17, 15) is 9.59 Å². The molecule has 21 heavy (non-hydrogen) atoms. The van der Waals surface area contributed by atoms with E-state index in [0.717, 1.165) is 12.8 Å². The quantitative estimate of drug-likeness (QED) is 0.901. The van der Waals surface area contributed by atoms with Gasteiger partial charge in [-0.3, -0.25) is 14.7 Å². The van der Waals surface area contributed by atoms with E-state index in [-0.39, 0.29) is 17.7 Å². The van der Waals surface area contributed by atoms with Gasteiger partial charge in [-0.15, -0.1) is 0 Å². The fourth-order valence-electron chi connectivity index (χ4n) is 2.20. The summed E-state index contributed by atoms with van der Waals surface area (Å²) < 4.78 is 0. The molecule has 1 saturated carbocycles. The molecule has 2 aromatic rings. The first-order valence-corrected chi connectivity index (χ1v) is 6.83. The van der Waals surface area contributed by atoms with E-state index >= 15 is 0 Å². The molecule has 3 rings (SSSR count). The average molecular weight is 284 g/mol. The molecule has 0 aliphatic heterocycles. The molecule has 0 atom stereocenters.